The Hall–Kier alpha value is -1.94. The van der Waals surface area contributed by atoms with E-state index in [2.05, 4.69) is 4.90 Å². The highest BCUT2D eigenvalue weighted by Crippen LogP contribution is 2.36. The van der Waals surface area contributed by atoms with Crippen molar-refractivity contribution >= 4 is 5.69 Å². The van der Waals surface area contributed by atoms with Gasteiger partial charge in [-0.1, -0.05) is 12.1 Å². The van der Waals surface area contributed by atoms with Crippen LogP contribution in [-0.2, 0) is 6.42 Å². The summed E-state index contributed by atoms with van der Waals surface area (Å²) in [7, 11) is 0. The molecular formula is C17H18F2N2. The van der Waals surface area contributed by atoms with Crippen molar-refractivity contribution in [2.75, 3.05) is 18.0 Å². The summed E-state index contributed by atoms with van der Waals surface area (Å²) in [6, 6.07) is 9.44. The van der Waals surface area contributed by atoms with E-state index in [4.69, 9.17) is 5.73 Å². The van der Waals surface area contributed by atoms with Crippen LogP contribution < -0.4 is 10.6 Å². The topological polar surface area (TPSA) is 29.3 Å². The maximum atomic E-state index is 13.6. The van der Waals surface area contributed by atoms with Crippen molar-refractivity contribution in [2.24, 2.45) is 5.73 Å². The van der Waals surface area contributed by atoms with Gasteiger partial charge in [0.25, 0.3) is 0 Å². The third kappa shape index (κ3) is 2.51. The lowest BCUT2D eigenvalue weighted by Gasteiger charge is -2.31. The second-order valence-corrected chi connectivity index (χ2v) is 5.47. The molecule has 1 aliphatic rings. The van der Waals surface area contributed by atoms with E-state index in [1.165, 1.54) is 18.2 Å². The third-order valence-corrected chi connectivity index (χ3v) is 4.18. The van der Waals surface area contributed by atoms with Crippen LogP contribution >= 0.6 is 0 Å². The largest absolute Gasteiger partial charge is 0.363 e. The third-order valence-electron chi connectivity index (χ3n) is 4.18. The van der Waals surface area contributed by atoms with Crippen molar-refractivity contribution in [3.8, 4) is 0 Å². The van der Waals surface area contributed by atoms with Crippen LogP contribution in [0.25, 0.3) is 0 Å². The lowest BCUT2D eigenvalue weighted by Crippen LogP contribution is -2.33. The fourth-order valence-corrected chi connectivity index (χ4v) is 3.09. The predicted octanol–water partition coefficient (Wildman–Crippen LogP) is 3.34. The summed E-state index contributed by atoms with van der Waals surface area (Å²) >= 11 is 0. The average Bonchev–Trinajstić information content (AvgIpc) is 2.87. The number of nitrogens with zero attached hydrogens (tertiary/aromatic N) is 1. The molecular weight excluding hydrogens is 270 g/mol. The molecule has 1 unspecified atom stereocenters. The quantitative estimate of drug-likeness (QED) is 0.938. The number of fused-ring (bicyclic) bond motifs is 1. The van der Waals surface area contributed by atoms with Gasteiger partial charge in [-0.2, -0.15) is 0 Å². The van der Waals surface area contributed by atoms with Crippen LogP contribution in [0.1, 0.15) is 22.7 Å². The van der Waals surface area contributed by atoms with Crippen molar-refractivity contribution < 1.29 is 8.78 Å². The minimum absolute atomic E-state index is 0.135. The lowest BCUT2D eigenvalue weighted by molar-refractivity contribution is 0.604. The summed E-state index contributed by atoms with van der Waals surface area (Å²) in [5, 5.41) is 0. The van der Waals surface area contributed by atoms with Crippen LogP contribution in [0.2, 0.25) is 0 Å². The van der Waals surface area contributed by atoms with Gasteiger partial charge >= 0.3 is 0 Å². The van der Waals surface area contributed by atoms with Crippen molar-refractivity contribution in [3.05, 3.63) is 64.7 Å². The van der Waals surface area contributed by atoms with Gasteiger partial charge in [-0.05, 0) is 54.3 Å². The van der Waals surface area contributed by atoms with Crippen LogP contribution in [-0.4, -0.2) is 13.1 Å². The van der Waals surface area contributed by atoms with Gasteiger partial charge in [0.05, 0.1) is 6.04 Å². The Morgan fingerprint density at radius 1 is 1.14 bits per heavy atom. The van der Waals surface area contributed by atoms with Crippen LogP contribution in [0.4, 0.5) is 14.5 Å². The molecule has 0 amide bonds. The molecule has 110 valence electrons. The number of benzene rings is 2. The summed E-state index contributed by atoms with van der Waals surface area (Å²) in [6.45, 7) is 3.08. The Balaban J connectivity index is 2.03. The molecule has 0 radical (unpaired) electrons. The Bertz CT molecular complexity index is 670. The molecule has 0 spiro atoms. The van der Waals surface area contributed by atoms with Crippen LogP contribution in [0.5, 0.6) is 0 Å². The van der Waals surface area contributed by atoms with E-state index in [-0.39, 0.29) is 17.7 Å². The SMILES string of the molecule is Cc1ccc(F)cc1C(CN)N1CCc2ccc(F)cc21. The molecule has 0 aromatic heterocycles. The first-order valence-electron chi connectivity index (χ1n) is 7.11. The zero-order valence-corrected chi connectivity index (χ0v) is 11.9. The number of rotatable bonds is 3. The highest BCUT2D eigenvalue weighted by Gasteiger charge is 2.27. The predicted molar refractivity (Wildman–Crippen MR) is 80.4 cm³/mol. The fraction of sp³-hybridized carbons (Fsp3) is 0.294. The second kappa shape index (κ2) is 5.45. The molecule has 4 heteroatoms. The summed E-state index contributed by atoms with van der Waals surface area (Å²) in [5.74, 6) is -0.528. The van der Waals surface area contributed by atoms with Crippen LogP contribution in [0.15, 0.2) is 36.4 Å². The Kier molecular flexibility index (Phi) is 3.64. The van der Waals surface area contributed by atoms with Crippen molar-refractivity contribution in [3.63, 3.8) is 0 Å². The molecule has 0 saturated heterocycles. The molecule has 2 aromatic carbocycles. The van der Waals surface area contributed by atoms with E-state index < -0.39 is 0 Å². The summed E-state index contributed by atoms with van der Waals surface area (Å²) in [4.78, 5) is 2.08. The Morgan fingerprint density at radius 2 is 1.86 bits per heavy atom. The highest BCUT2D eigenvalue weighted by atomic mass is 19.1. The zero-order chi connectivity index (χ0) is 15.0. The average molecular weight is 288 g/mol. The maximum Gasteiger partial charge on any atom is 0.125 e. The summed E-state index contributed by atoms with van der Waals surface area (Å²) in [5.41, 5.74) is 9.79. The minimum atomic E-state index is -0.271. The molecule has 21 heavy (non-hydrogen) atoms. The van der Waals surface area contributed by atoms with Gasteiger partial charge in [0.1, 0.15) is 11.6 Å². The smallest absolute Gasteiger partial charge is 0.125 e. The van der Waals surface area contributed by atoms with Crippen molar-refractivity contribution in [2.45, 2.75) is 19.4 Å². The number of hydrogen-bond donors (Lipinski definition) is 1. The first-order valence-corrected chi connectivity index (χ1v) is 7.11. The number of halogens is 2. The van der Waals surface area contributed by atoms with E-state index in [1.54, 1.807) is 12.1 Å². The van der Waals surface area contributed by atoms with Gasteiger partial charge in [0.2, 0.25) is 0 Å². The fourth-order valence-electron chi connectivity index (χ4n) is 3.09. The molecule has 1 heterocycles. The van der Waals surface area contributed by atoms with Crippen LogP contribution in [0.3, 0.4) is 0 Å². The summed E-state index contributed by atoms with van der Waals surface area (Å²) in [6.07, 6.45) is 0.862. The summed E-state index contributed by atoms with van der Waals surface area (Å²) < 4.78 is 27.1. The van der Waals surface area contributed by atoms with E-state index in [9.17, 15) is 8.78 Å². The van der Waals surface area contributed by atoms with E-state index in [0.29, 0.717) is 6.54 Å². The Labute approximate surface area is 123 Å². The van der Waals surface area contributed by atoms with Crippen molar-refractivity contribution in [1.29, 1.82) is 0 Å². The van der Waals surface area contributed by atoms with Crippen LogP contribution in [0, 0.1) is 18.6 Å². The standard InChI is InChI=1S/C17H18F2N2/c1-11-2-4-13(18)8-15(11)17(10-20)21-7-6-12-3-5-14(19)9-16(12)21/h2-5,8-9,17H,6-7,10,20H2,1H3. The minimum Gasteiger partial charge on any atom is -0.363 e. The van der Waals surface area contributed by atoms with Gasteiger partial charge in [-0.3, -0.25) is 0 Å². The molecule has 0 bridgehead atoms. The molecule has 2 aromatic rings. The highest BCUT2D eigenvalue weighted by molar-refractivity contribution is 5.60. The monoisotopic (exact) mass is 288 g/mol. The molecule has 1 atom stereocenters. The molecule has 0 fully saturated rings. The first kappa shape index (κ1) is 14.0. The van der Waals surface area contributed by atoms with Crippen molar-refractivity contribution in [1.82, 2.24) is 0 Å². The molecule has 2 N–H and O–H groups in total. The van der Waals surface area contributed by atoms with Gasteiger partial charge < -0.3 is 10.6 Å². The molecule has 0 saturated carbocycles. The number of anilines is 1. The van der Waals surface area contributed by atoms with E-state index >= 15 is 0 Å². The van der Waals surface area contributed by atoms with E-state index in [0.717, 1.165) is 35.3 Å². The second-order valence-electron chi connectivity index (χ2n) is 5.47. The number of aryl methyl sites for hydroxylation is 1. The van der Waals surface area contributed by atoms with Gasteiger partial charge in [-0.15, -0.1) is 0 Å². The number of nitrogens with two attached hydrogens (primary N) is 1. The van der Waals surface area contributed by atoms with Gasteiger partial charge in [-0.25, -0.2) is 8.78 Å². The normalized spacial score (nSPS) is 15.1. The van der Waals surface area contributed by atoms with Gasteiger partial charge in [0.15, 0.2) is 0 Å². The zero-order valence-electron chi connectivity index (χ0n) is 11.9. The Morgan fingerprint density at radius 3 is 2.62 bits per heavy atom. The first-order chi connectivity index (χ1) is 10.1. The number of hydrogen-bond acceptors (Lipinski definition) is 2. The maximum absolute atomic E-state index is 13.6. The molecule has 3 rings (SSSR count). The molecule has 0 aliphatic carbocycles. The van der Waals surface area contributed by atoms with Gasteiger partial charge in [0, 0.05) is 18.8 Å². The molecule has 2 nitrogen and oxygen atoms in total. The lowest BCUT2D eigenvalue weighted by atomic mass is 9.99. The molecule has 1 aliphatic heterocycles. The van der Waals surface area contributed by atoms with E-state index in [1.807, 2.05) is 13.0 Å².